The normalized spacial score (nSPS) is 11.0. The van der Waals surface area contributed by atoms with Crippen molar-refractivity contribution in [1.29, 1.82) is 0 Å². The van der Waals surface area contributed by atoms with E-state index >= 15 is 0 Å². The van der Waals surface area contributed by atoms with Crippen LogP contribution in [0.25, 0.3) is 0 Å². The fourth-order valence-electron chi connectivity index (χ4n) is 0.975. The average Bonchev–Trinajstić information content (AvgIpc) is 1.91. The molecule has 0 aliphatic carbocycles. The molecule has 0 aliphatic rings. The van der Waals surface area contributed by atoms with Gasteiger partial charge in [-0.3, -0.25) is 0 Å². The molecule has 0 saturated carbocycles. The Kier molecular flexibility index (Phi) is 2.66. The Balaban J connectivity index is 3.11. The molecule has 1 aromatic rings. The SMILES string of the molecule is Cc1ccc(C#S(C)(C)C)cc1. The molecule has 1 aromatic carbocycles. The molecule has 1 heteroatoms. The van der Waals surface area contributed by atoms with Crippen molar-refractivity contribution < 1.29 is 0 Å². The van der Waals surface area contributed by atoms with Crippen LogP contribution in [0.3, 0.4) is 0 Å². The summed E-state index contributed by atoms with van der Waals surface area (Å²) in [5.74, 6) is 0. The highest BCUT2D eigenvalue weighted by Crippen LogP contribution is 2.18. The molecule has 0 atom stereocenters. The lowest BCUT2D eigenvalue weighted by atomic mass is 10.2. The second-order valence-electron chi connectivity index (χ2n) is 3.81. The van der Waals surface area contributed by atoms with Crippen LogP contribution in [0.1, 0.15) is 11.1 Å². The number of hydrogen-bond donors (Lipinski definition) is 0. The van der Waals surface area contributed by atoms with Crippen LogP contribution in [0.2, 0.25) is 0 Å². The highest BCUT2D eigenvalue weighted by Gasteiger charge is 1.88. The van der Waals surface area contributed by atoms with Crippen molar-refractivity contribution in [3.8, 4) is 5.18 Å². The van der Waals surface area contributed by atoms with Gasteiger partial charge < -0.3 is 0 Å². The first-order valence-corrected chi connectivity index (χ1v) is 6.86. The second-order valence-corrected chi connectivity index (χ2v) is 7.68. The van der Waals surface area contributed by atoms with Gasteiger partial charge in [0.15, 0.2) is 0 Å². The quantitative estimate of drug-likeness (QED) is 0.576. The maximum atomic E-state index is 3.49. The van der Waals surface area contributed by atoms with Gasteiger partial charge in [0.1, 0.15) is 0 Å². The molecular weight excluding hydrogens is 164 g/mol. The molecule has 0 bridgehead atoms. The van der Waals surface area contributed by atoms with E-state index in [0.717, 1.165) is 0 Å². The predicted molar refractivity (Wildman–Crippen MR) is 59.5 cm³/mol. The minimum Gasteiger partial charge on any atom is -0.193 e. The molecule has 0 fully saturated rings. The number of hydrogen-bond acceptors (Lipinski definition) is 0. The van der Waals surface area contributed by atoms with Gasteiger partial charge >= 0.3 is 0 Å². The molecule has 0 spiro atoms. The molecule has 0 aromatic heterocycles. The molecule has 0 unspecified atom stereocenters. The Labute approximate surface area is 76.2 Å². The zero-order chi connectivity index (χ0) is 9.19. The first-order valence-electron chi connectivity index (χ1n) is 4.00. The molecular formula is C11H16S. The Morgan fingerprint density at radius 1 is 1.00 bits per heavy atom. The van der Waals surface area contributed by atoms with E-state index in [1.165, 1.54) is 11.1 Å². The molecule has 0 radical (unpaired) electrons. The Morgan fingerprint density at radius 2 is 1.50 bits per heavy atom. The lowest BCUT2D eigenvalue weighted by Gasteiger charge is -2.03. The maximum Gasteiger partial charge on any atom is 0.0218 e. The number of rotatable bonds is 0. The average molecular weight is 180 g/mol. The van der Waals surface area contributed by atoms with Gasteiger partial charge in [-0.2, -0.15) is 9.44 Å². The molecule has 12 heavy (non-hydrogen) atoms. The molecule has 0 nitrogen and oxygen atoms in total. The van der Waals surface area contributed by atoms with Crippen molar-refractivity contribution in [1.82, 2.24) is 0 Å². The van der Waals surface area contributed by atoms with Gasteiger partial charge in [0.25, 0.3) is 0 Å². The van der Waals surface area contributed by atoms with Crippen LogP contribution >= 0.6 is 9.44 Å². The lowest BCUT2D eigenvalue weighted by Crippen LogP contribution is -1.78. The van der Waals surface area contributed by atoms with E-state index in [1.807, 2.05) is 0 Å². The van der Waals surface area contributed by atoms with Crippen LogP contribution in [0.15, 0.2) is 24.3 Å². The van der Waals surface area contributed by atoms with Gasteiger partial charge in [-0.15, -0.1) is 0 Å². The molecule has 0 aliphatic heterocycles. The van der Waals surface area contributed by atoms with E-state index < -0.39 is 9.44 Å². The molecule has 66 valence electrons. The third kappa shape index (κ3) is 3.17. The van der Waals surface area contributed by atoms with E-state index in [-0.39, 0.29) is 0 Å². The minimum atomic E-state index is -0.640. The Bertz CT molecular complexity index is 351. The standard InChI is InChI=1S/C11H16S/c1-10-5-7-11(8-6-10)9-12(2,3)4/h5-8H,1-4H3. The van der Waals surface area contributed by atoms with Gasteiger partial charge in [-0.25, -0.2) is 0 Å². The van der Waals surface area contributed by atoms with Crippen LogP contribution < -0.4 is 0 Å². The van der Waals surface area contributed by atoms with Gasteiger partial charge in [0.2, 0.25) is 0 Å². The summed E-state index contributed by atoms with van der Waals surface area (Å²) >= 11 is 0. The molecule has 0 saturated heterocycles. The Morgan fingerprint density at radius 3 is 1.92 bits per heavy atom. The van der Waals surface area contributed by atoms with Crippen LogP contribution in [-0.2, 0) is 0 Å². The fourth-order valence-corrected chi connectivity index (χ4v) is 1.82. The zero-order valence-electron chi connectivity index (χ0n) is 8.22. The Hall–Kier alpha value is -0.650. The van der Waals surface area contributed by atoms with Crippen molar-refractivity contribution in [2.75, 3.05) is 18.8 Å². The summed E-state index contributed by atoms with van der Waals surface area (Å²) in [6.45, 7) is 2.10. The summed E-state index contributed by atoms with van der Waals surface area (Å²) in [5, 5.41) is 3.49. The van der Waals surface area contributed by atoms with Crippen molar-refractivity contribution >= 4 is 9.44 Å². The fraction of sp³-hybridized carbons (Fsp3) is 0.364. The van der Waals surface area contributed by atoms with E-state index in [1.54, 1.807) is 0 Å². The molecule has 0 N–H and O–H groups in total. The van der Waals surface area contributed by atoms with E-state index in [4.69, 9.17) is 0 Å². The van der Waals surface area contributed by atoms with E-state index in [2.05, 4.69) is 55.1 Å². The first kappa shape index (κ1) is 9.44. The molecule has 0 heterocycles. The van der Waals surface area contributed by atoms with Crippen molar-refractivity contribution in [2.45, 2.75) is 6.92 Å². The number of aryl methyl sites for hydroxylation is 1. The molecule has 1 rings (SSSR count). The smallest absolute Gasteiger partial charge is 0.0218 e. The van der Waals surface area contributed by atoms with E-state index in [9.17, 15) is 0 Å². The van der Waals surface area contributed by atoms with Crippen LogP contribution in [-0.4, -0.2) is 18.8 Å². The third-order valence-corrected chi connectivity index (χ3v) is 2.32. The van der Waals surface area contributed by atoms with Crippen LogP contribution in [0.5, 0.6) is 0 Å². The number of benzene rings is 1. The predicted octanol–water partition coefficient (Wildman–Crippen LogP) is 3.00. The van der Waals surface area contributed by atoms with Crippen molar-refractivity contribution in [3.63, 3.8) is 0 Å². The summed E-state index contributed by atoms with van der Waals surface area (Å²) in [5.41, 5.74) is 2.53. The summed E-state index contributed by atoms with van der Waals surface area (Å²) in [6.07, 6.45) is 6.73. The van der Waals surface area contributed by atoms with Crippen LogP contribution in [0, 0.1) is 12.1 Å². The zero-order valence-corrected chi connectivity index (χ0v) is 9.03. The summed E-state index contributed by atoms with van der Waals surface area (Å²) in [6, 6.07) is 8.53. The maximum absolute atomic E-state index is 3.49. The monoisotopic (exact) mass is 180 g/mol. The minimum absolute atomic E-state index is 0.640. The lowest BCUT2D eigenvalue weighted by molar-refractivity contribution is 1.46. The first-order chi connectivity index (χ1) is 5.47. The van der Waals surface area contributed by atoms with Gasteiger partial charge in [-0.1, -0.05) is 22.9 Å². The summed E-state index contributed by atoms with van der Waals surface area (Å²) < 4.78 is 0. The van der Waals surface area contributed by atoms with Crippen molar-refractivity contribution in [2.24, 2.45) is 0 Å². The van der Waals surface area contributed by atoms with Gasteiger partial charge in [0, 0.05) is 5.56 Å². The topological polar surface area (TPSA) is 0 Å². The van der Waals surface area contributed by atoms with Gasteiger partial charge in [-0.05, 0) is 37.8 Å². The summed E-state index contributed by atoms with van der Waals surface area (Å²) in [4.78, 5) is 0. The highest BCUT2D eigenvalue weighted by molar-refractivity contribution is 8.22. The largest absolute Gasteiger partial charge is 0.193 e. The van der Waals surface area contributed by atoms with Crippen molar-refractivity contribution in [3.05, 3.63) is 35.4 Å². The van der Waals surface area contributed by atoms with Gasteiger partial charge in [0.05, 0.1) is 0 Å². The van der Waals surface area contributed by atoms with E-state index in [0.29, 0.717) is 0 Å². The van der Waals surface area contributed by atoms with Crippen LogP contribution in [0.4, 0.5) is 0 Å². The molecule has 0 amide bonds. The second kappa shape index (κ2) is 3.38. The third-order valence-electron chi connectivity index (χ3n) is 1.48. The summed E-state index contributed by atoms with van der Waals surface area (Å²) in [7, 11) is -0.640. The highest BCUT2D eigenvalue weighted by atomic mass is 32.2.